The third kappa shape index (κ3) is 1.87. The van der Waals surface area contributed by atoms with E-state index in [0.29, 0.717) is 11.3 Å². The van der Waals surface area contributed by atoms with Crippen LogP contribution in [-0.4, -0.2) is 13.7 Å². The number of nitrogen functional groups attached to an aromatic ring is 2. The fraction of sp³-hybridized carbons (Fsp3) is 0.455. The van der Waals surface area contributed by atoms with Crippen LogP contribution in [0.15, 0.2) is 11.0 Å². The molecule has 16 heavy (non-hydrogen) atoms. The third-order valence-electron chi connectivity index (χ3n) is 2.71. The zero-order chi connectivity index (χ0) is 12.7. The number of benzene rings is 1. The molecule has 90 valence electrons. The molecule has 4 nitrogen and oxygen atoms in total. The highest BCUT2D eigenvalue weighted by molar-refractivity contribution is 7.92. The molecule has 1 aromatic carbocycles. The van der Waals surface area contributed by atoms with Crippen LogP contribution in [0, 0.1) is 13.8 Å². The molecule has 0 fully saturated rings. The van der Waals surface area contributed by atoms with Crippen molar-refractivity contribution < 1.29 is 8.42 Å². The summed E-state index contributed by atoms with van der Waals surface area (Å²) in [5.41, 5.74) is 13.7. The summed E-state index contributed by atoms with van der Waals surface area (Å²) in [5.74, 6) is 0. The molecule has 0 unspecified atom stereocenters. The molecule has 0 bridgehead atoms. The van der Waals surface area contributed by atoms with Crippen LogP contribution in [0.3, 0.4) is 0 Å². The minimum absolute atomic E-state index is 0.172. The number of aryl methyl sites for hydroxylation is 1. The van der Waals surface area contributed by atoms with Gasteiger partial charge in [-0.2, -0.15) is 0 Å². The van der Waals surface area contributed by atoms with Crippen LogP contribution < -0.4 is 11.5 Å². The van der Waals surface area contributed by atoms with Gasteiger partial charge in [0.25, 0.3) is 0 Å². The van der Waals surface area contributed by atoms with E-state index in [1.807, 2.05) is 6.92 Å². The molecular formula is C11H18N2O2S. The second-order valence-corrected chi connectivity index (χ2v) is 6.69. The first-order chi connectivity index (χ1) is 7.19. The smallest absolute Gasteiger partial charge is 0.183 e. The van der Waals surface area contributed by atoms with Crippen LogP contribution in [0.4, 0.5) is 11.4 Å². The van der Waals surface area contributed by atoms with Crippen molar-refractivity contribution in [1.29, 1.82) is 0 Å². The lowest BCUT2D eigenvalue weighted by Crippen LogP contribution is -2.18. The van der Waals surface area contributed by atoms with Gasteiger partial charge in [-0.3, -0.25) is 0 Å². The zero-order valence-corrected chi connectivity index (χ0v) is 10.9. The fourth-order valence-electron chi connectivity index (χ4n) is 1.62. The summed E-state index contributed by atoms with van der Waals surface area (Å²) in [5, 5.41) is -0.504. The Balaban J connectivity index is 3.66. The first kappa shape index (κ1) is 12.8. The Bertz CT molecular complexity index is 519. The van der Waals surface area contributed by atoms with E-state index in [0.717, 1.165) is 5.56 Å². The summed E-state index contributed by atoms with van der Waals surface area (Å²) >= 11 is 0. The molecular weight excluding hydrogens is 224 g/mol. The quantitative estimate of drug-likeness (QED) is 0.772. The molecule has 4 N–H and O–H groups in total. The topological polar surface area (TPSA) is 86.2 Å². The number of anilines is 2. The standard InChI is InChI=1S/C11H18N2O2S/c1-6(2)16(14,15)11-8(4)10(13)7(3)5-9(11)12/h5-6H,12-13H2,1-4H3. The van der Waals surface area contributed by atoms with Crippen molar-refractivity contribution in [1.82, 2.24) is 0 Å². The van der Waals surface area contributed by atoms with E-state index in [-0.39, 0.29) is 10.6 Å². The Morgan fingerprint density at radius 2 is 1.69 bits per heavy atom. The average Bonchev–Trinajstić information content (AvgIpc) is 2.13. The van der Waals surface area contributed by atoms with Crippen LogP contribution in [0.5, 0.6) is 0 Å². The highest BCUT2D eigenvalue weighted by Gasteiger charge is 2.25. The first-order valence-electron chi connectivity index (χ1n) is 5.08. The van der Waals surface area contributed by atoms with E-state index < -0.39 is 15.1 Å². The van der Waals surface area contributed by atoms with Crippen LogP contribution >= 0.6 is 0 Å². The van der Waals surface area contributed by atoms with Crippen LogP contribution in [0.1, 0.15) is 25.0 Å². The summed E-state index contributed by atoms with van der Waals surface area (Å²) < 4.78 is 24.2. The largest absolute Gasteiger partial charge is 0.398 e. The molecule has 0 aromatic heterocycles. The molecule has 0 radical (unpaired) electrons. The maximum Gasteiger partial charge on any atom is 0.183 e. The van der Waals surface area contributed by atoms with E-state index >= 15 is 0 Å². The Labute approximate surface area is 96.6 Å². The van der Waals surface area contributed by atoms with Gasteiger partial charge in [-0.05, 0) is 44.9 Å². The summed E-state index contributed by atoms with van der Waals surface area (Å²) in [6.07, 6.45) is 0. The van der Waals surface area contributed by atoms with Crippen molar-refractivity contribution in [3.8, 4) is 0 Å². The molecule has 1 rings (SSSR count). The van der Waals surface area contributed by atoms with Crippen molar-refractivity contribution in [2.24, 2.45) is 0 Å². The lowest BCUT2D eigenvalue weighted by molar-refractivity contribution is 0.587. The maximum absolute atomic E-state index is 12.1. The molecule has 0 atom stereocenters. The van der Waals surface area contributed by atoms with E-state index in [4.69, 9.17) is 11.5 Å². The van der Waals surface area contributed by atoms with E-state index in [1.165, 1.54) is 0 Å². The Morgan fingerprint density at radius 1 is 1.19 bits per heavy atom. The molecule has 0 aliphatic rings. The third-order valence-corrected chi connectivity index (χ3v) is 5.06. The van der Waals surface area contributed by atoms with E-state index in [2.05, 4.69) is 0 Å². The second-order valence-electron chi connectivity index (χ2n) is 4.24. The number of hydrogen-bond donors (Lipinski definition) is 2. The molecule has 0 amide bonds. The molecule has 0 heterocycles. The minimum Gasteiger partial charge on any atom is -0.398 e. The van der Waals surface area contributed by atoms with Crippen molar-refractivity contribution in [2.75, 3.05) is 11.5 Å². The van der Waals surface area contributed by atoms with Gasteiger partial charge in [0.1, 0.15) is 0 Å². The van der Waals surface area contributed by atoms with Gasteiger partial charge >= 0.3 is 0 Å². The molecule has 0 saturated heterocycles. The SMILES string of the molecule is Cc1cc(N)c(S(=O)(=O)C(C)C)c(C)c1N. The van der Waals surface area contributed by atoms with E-state index in [1.54, 1.807) is 26.8 Å². The van der Waals surface area contributed by atoms with Crippen molar-refractivity contribution in [2.45, 2.75) is 37.8 Å². The minimum atomic E-state index is -3.38. The molecule has 1 aromatic rings. The Kier molecular flexibility index (Phi) is 3.19. The number of rotatable bonds is 2. The van der Waals surface area contributed by atoms with Crippen molar-refractivity contribution in [3.05, 3.63) is 17.2 Å². The lowest BCUT2D eigenvalue weighted by Gasteiger charge is -2.16. The summed E-state index contributed by atoms with van der Waals surface area (Å²) in [6, 6.07) is 1.61. The summed E-state index contributed by atoms with van der Waals surface area (Å²) in [7, 11) is -3.38. The zero-order valence-electron chi connectivity index (χ0n) is 10.0. The normalized spacial score (nSPS) is 12.1. The van der Waals surface area contributed by atoms with Crippen LogP contribution in [-0.2, 0) is 9.84 Å². The second kappa shape index (κ2) is 3.97. The monoisotopic (exact) mass is 242 g/mol. The Morgan fingerprint density at radius 3 is 2.12 bits per heavy atom. The van der Waals surface area contributed by atoms with Crippen molar-refractivity contribution in [3.63, 3.8) is 0 Å². The lowest BCUT2D eigenvalue weighted by atomic mass is 10.1. The number of sulfone groups is 1. The van der Waals surface area contributed by atoms with Gasteiger partial charge in [-0.15, -0.1) is 0 Å². The number of nitrogens with two attached hydrogens (primary N) is 2. The first-order valence-corrected chi connectivity index (χ1v) is 6.63. The average molecular weight is 242 g/mol. The van der Waals surface area contributed by atoms with Crippen LogP contribution in [0.2, 0.25) is 0 Å². The van der Waals surface area contributed by atoms with Gasteiger partial charge < -0.3 is 11.5 Å². The molecule has 0 aliphatic carbocycles. The molecule has 0 saturated carbocycles. The number of hydrogen-bond acceptors (Lipinski definition) is 4. The Hall–Kier alpha value is -1.23. The van der Waals surface area contributed by atoms with Gasteiger partial charge in [0, 0.05) is 5.69 Å². The summed E-state index contributed by atoms with van der Waals surface area (Å²) in [6.45, 7) is 6.76. The maximum atomic E-state index is 12.1. The van der Waals surface area contributed by atoms with E-state index in [9.17, 15) is 8.42 Å². The highest BCUT2D eigenvalue weighted by atomic mass is 32.2. The van der Waals surface area contributed by atoms with Gasteiger partial charge in [0.2, 0.25) is 0 Å². The predicted molar refractivity (Wildman–Crippen MR) is 67.1 cm³/mol. The van der Waals surface area contributed by atoms with Gasteiger partial charge in [-0.25, -0.2) is 8.42 Å². The molecule has 0 aliphatic heterocycles. The highest BCUT2D eigenvalue weighted by Crippen LogP contribution is 2.32. The summed E-state index contributed by atoms with van der Waals surface area (Å²) in [4.78, 5) is 0.172. The fourth-order valence-corrected chi connectivity index (χ4v) is 3.02. The van der Waals surface area contributed by atoms with Gasteiger partial charge in [-0.1, -0.05) is 0 Å². The molecule has 0 spiro atoms. The van der Waals surface area contributed by atoms with Gasteiger partial charge in [0.05, 0.1) is 15.8 Å². The van der Waals surface area contributed by atoms with Crippen molar-refractivity contribution >= 4 is 21.2 Å². The molecule has 5 heteroatoms. The predicted octanol–water partition coefficient (Wildman–Crippen LogP) is 1.65. The van der Waals surface area contributed by atoms with Gasteiger partial charge in [0.15, 0.2) is 9.84 Å². The van der Waals surface area contributed by atoms with Crippen LogP contribution in [0.25, 0.3) is 0 Å².